The average Bonchev–Trinajstić information content (AvgIpc) is 2.64. The van der Waals surface area contributed by atoms with Crippen LogP contribution in [0.5, 0.6) is 0 Å². The number of aromatic nitrogens is 2. The molecule has 0 saturated heterocycles. The number of unbranched alkanes of at least 4 members (excludes halogenated alkanes) is 2. The smallest absolute Gasteiger partial charge is 0.178 e. The number of H-pyrrole nitrogens is 1. The number of nitrogens with zero attached hydrogens (tertiary/aromatic N) is 1. The van der Waals surface area contributed by atoms with Crippen molar-refractivity contribution in [2.75, 3.05) is 13.7 Å². The zero-order chi connectivity index (χ0) is 13.0. The molecule has 0 spiro atoms. The van der Waals surface area contributed by atoms with E-state index in [-0.39, 0.29) is 5.82 Å². The third kappa shape index (κ3) is 2.97. The van der Waals surface area contributed by atoms with Crippen LogP contribution in [0.15, 0.2) is 18.2 Å². The summed E-state index contributed by atoms with van der Waals surface area (Å²) < 4.78 is 20.8. The molecule has 1 N–H and O–H groups in total. The van der Waals surface area contributed by atoms with Crippen LogP contribution in [0.2, 0.25) is 0 Å². The molecule has 1 aromatic carbocycles. The molecule has 0 aliphatic carbocycles. The number of methoxy groups -OCH3 is 1. The fraction of sp³-hybridized carbons (Fsp3) is 0.462. The molecular formula is C13H17FN2OS. The van der Waals surface area contributed by atoms with Crippen LogP contribution in [0.3, 0.4) is 0 Å². The summed E-state index contributed by atoms with van der Waals surface area (Å²) in [6.45, 7) is 1.65. The molecule has 0 atom stereocenters. The van der Waals surface area contributed by atoms with Crippen LogP contribution in [0.1, 0.15) is 19.3 Å². The number of fused-ring (bicyclic) bond motifs is 1. The van der Waals surface area contributed by atoms with E-state index in [9.17, 15) is 4.39 Å². The van der Waals surface area contributed by atoms with E-state index in [0.717, 1.165) is 43.4 Å². The molecule has 2 rings (SSSR count). The molecule has 0 aliphatic rings. The van der Waals surface area contributed by atoms with E-state index >= 15 is 0 Å². The summed E-state index contributed by atoms with van der Waals surface area (Å²) in [5, 5.41) is 0. The molecule has 98 valence electrons. The van der Waals surface area contributed by atoms with Gasteiger partial charge >= 0.3 is 0 Å². The van der Waals surface area contributed by atoms with Gasteiger partial charge in [0.25, 0.3) is 0 Å². The van der Waals surface area contributed by atoms with Crippen LogP contribution in [-0.2, 0) is 11.3 Å². The molecule has 0 saturated carbocycles. The molecule has 0 bridgehead atoms. The minimum atomic E-state index is -0.244. The Balaban J connectivity index is 2.08. The maximum Gasteiger partial charge on any atom is 0.178 e. The molecule has 3 nitrogen and oxygen atoms in total. The quantitative estimate of drug-likeness (QED) is 0.640. The van der Waals surface area contributed by atoms with Crippen LogP contribution in [0.4, 0.5) is 4.39 Å². The normalized spacial score (nSPS) is 11.2. The number of hydrogen-bond acceptors (Lipinski definition) is 2. The lowest BCUT2D eigenvalue weighted by molar-refractivity contribution is 0.191. The van der Waals surface area contributed by atoms with Gasteiger partial charge in [-0.25, -0.2) is 4.39 Å². The van der Waals surface area contributed by atoms with Crippen molar-refractivity contribution in [3.8, 4) is 0 Å². The second-order valence-corrected chi connectivity index (χ2v) is 4.68. The number of aromatic amines is 1. The van der Waals surface area contributed by atoms with Crippen LogP contribution in [-0.4, -0.2) is 23.3 Å². The summed E-state index contributed by atoms with van der Waals surface area (Å²) in [5.41, 5.74) is 1.73. The Morgan fingerprint density at radius 2 is 2.17 bits per heavy atom. The first-order chi connectivity index (χ1) is 8.72. The summed E-state index contributed by atoms with van der Waals surface area (Å²) in [4.78, 5) is 3.03. The van der Waals surface area contributed by atoms with Gasteiger partial charge in [0.05, 0.1) is 11.0 Å². The van der Waals surface area contributed by atoms with E-state index in [0.29, 0.717) is 4.77 Å². The largest absolute Gasteiger partial charge is 0.385 e. The predicted octanol–water partition coefficient (Wildman–Crippen LogP) is 3.65. The summed E-state index contributed by atoms with van der Waals surface area (Å²) in [6, 6.07) is 4.71. The maximum absolute atomic E-state index is 13.1. The van der Waals surface area contributed by atoms with Gasteiger partial charge in [-0.15, -0.1) is 0 Å². The van der Waals surface area contributed by atoms with Crippen molar-refractivity contribution < 1.29 is 9.13 Å². The molecule has 0 fully saturated rings. The van der Waals surface area contributed by atoms with Gasteiger partial charge in [-0.2, -0.15) is 0 Å². The minimum Gasteiger partial charge on any atom is -0.385 e. The van der Waals surface area contributed by atoms with Gasteiger partial charge in [0, 0.05) is 20.3 Å². The molecule has 2 aromatic rings. The van der Waals surface area contributed by atoms with Crippen LogP contribution >= 0.6 is 12.2 Å². The number of aryl methyl sites for hydroxylation is 1. The van der Waals surface area contributed by atoms with Crippen LogP contribution in [0.25, 0.3) is 11.0 Å². The first-order valence-corrected chi connectivity index (χ1v) is 6.50. The predicted molar refractivity (Wildman–Crippen MR) is 72.8 cm³/mol. The first kappa shape index (κ1) is 13.2. The van der Waals surface area contributed by atoms with Crippen molar-refractivity contribution in [1.29, 1.82) is 0 Å². The highest BCUT2D eigenvalue weighted by Crippen LogP contribution is 2.16. The number of rotatable bonds is 6. The van der Waals surface area contributed by atoms with Crippen molar-refractivity contribution in [3.63, 3.8) is 0 Å². The van der Waals surface area contributed by atoms with E-state index < -0.39 is 0 Å². The number of halogens is 1. The molecule has 1 aromatic heterocycles. The lowest BCUT2D eigenvalue weighted by Crippen LogP contribution is -1.99. The Bertz CT molecular complexity index is 576. The van der Waals surface area contributed by atoms with Gasteiger partial charge in [-0.3, -0.25) is 0 Å². The van der Waals surface area contributed by atoms with Crippen molar-refractivity contribution in [3.05, 3.63) is 28.8 Å². The van der Waals surface area contributed by atoms with Gasteiger partial charge in [-0.1, -0.05) is 0 Å². The Labute approximate surface area is 111 Å². The van der Waals surface area contributed by atoms with Crippen LogP contribution < -0.4 is 0 Å². The molecule has 0 amide bonds. The summed E-state index contributed by atoms with van der Waals surface area (Å²) >= 11 is 5.26. The molecule has 0 aliphatic heterocycles. The highest BCUT2D eigenvalue weighted by Gasteiger charge is 2.04. The Kier molecular flexibility index (Phi) is 4.49. The molecule has 1 heterocycles. The number of ether oxygens (including phenoxy) is 1. The van der Waals surface area contributed by atoms with E-state index in [4.69, 9.17) is 17.0 Å². The Morgan fingerprint density at radius 3 is 2.94 bits per heavy atom. The second-order valence-electron chi connectivity index (χ2n) is 4.30. The lowest BCUT2D eigenvalue weighted by atomic mass is 10.2. The fourth-order valence-corrected chi connectivity index (χ4v) is 2.35. The average molecular weight is 268 g/mol. The molecule has 18 heavy (non-hydrogen) atoms. The van der Waals surface area contributed by atoms with E-state index in [1.54, 1.807) is 13.2 Å². The zero-order valence-electron chi connectivity index (χ0n) is 10.4. The summed E-state index contributed by atoms with van der Waals surface area (Å²) in [5.74, 6) is -0.244. The summed E-state index contributed by atoms with van der Waals surface area (Å²) in [7, 11) is 1.71. The number of benzene rings is 1. The zero-order valence-corrected chi connectivity index (χ0v) is 11.2. The third-order valence-corrected chi connectivity index (χ3v) is 3.29. The Hall–Kier alpha value is -1.20. The maximum atomic E-state index is 13.1. The molecule has 0 radical (unpaired) electrons. The van der Waals surface area contributed by atoms with Crippen molar-refractivity contribution in [2.45, 2.75) is 25.8 Å². The third-order valence-electron chi connectivity index (χ3n) is 2.97. The first-order valence-electron chi connectivity index (χ1n) is 6.09. The minimum absolute atomic E-state index is 0.244. The highest BCUT2D eigenvalue weighted by atomic mass is 32.1. The lowest BCUT2D eigenvalue weighted by Gasteiger charge is -2.04. The Morgan fingerprint density at radius 1 is 1.33 bits per heavy atom. The van der Waals surface area contributed by atoms with Gasteiger partial charge in [0.15, 0.2) is 4.77 Å². The van der Waals surface area contributed by atoms with Gasteiger partial charge in [0.1, 0.15) is 5.82 Å². The highest BCUT2D eigenvalue weighted by molar-refractivity contribution is 7.71. The molecule has 0 unspecified atom stereocenters. The fourth-order valence-electron chi connectivity index (χ4n) is 2.05. The van der Waals surface area contributed by atoms with Gasteiger partial charge in [0.2, 0.25) is 0 Å². The second kappa shape index (κ2) is 6.11. The van der Waals surface area contributed by atoms with Gasteiger partial charge in [-0.05, 0) is 49.7 Å². The number of hydrogen-bond donors (Lipinski definition) is 1. The molecular weight excluding hydrogens is 251 g/mol. The van der Waals surface area contributed by atoms with Crippen molar-refractivity contribution in [1.82, 2.24) is 9.55 Å². The number of imidazole rings is 1. The van der Waals surface area contributed by atoms with E-state index in [1.165, 1.54) is 12.1 Å². The van der Waals surface area contributed by atoms with E-state index in [1.807, 2.05) is 4.57 Å². The van der Waals surface area contributed by atoms with Crippen LogP contribution in [0, 0.1) is 10.6 Å². The monoisotopic (exact) mass is 268 g/mol. The topological polar surface area (TPSA) is 29.9 Å². The van der Waals surface area contributed by atoms with Gasteiger partial charge < -0.3 is 14.3 Å². The SMILES string of the molecule is COCCCCCn1c(=S)[nH]c2cc(F)ccc21. The summed E-state index contributed by atoms with van der Waals surface area (Å²) in [6.07, 6.45) is 3.20. The standard InChI is InChI=1S/C13H17FN2OS/c1-17-8-4-2-3-7-16-12-6-5-10(14)9-11(12)15-13(16)18/h5-6,9H,2-4,7-8H2,1H3,(H,15,18). The van der Waals surface area contributed by atoms with E-state index in [2.05, 4.69) is 4.98 Å². The number of nitrogens with one attached hydrogen (secondary N) is 1. The van der Waals surface area contributed by atoms with Crippen molar-refractivity contribution in [2.24, 2.45) is 0 Å². The van der Waals surface area contributed by atoms with Crippen molar-refractivity contribution >= 4 is 23.3 Å². The molecule has 5 heteroatoms.